The van der Waals surface area contributed by atoms with Crippen LogP contribution in [0.3, 0.4) is 0 Å². The number of anilines is 1. The van der Waals surface area contributed by atoms with Crippen LogP contribution in [0.1, 0.15) is 36.0 Å². The minimum Gasteiger partial charge on any atom is -0.380 e. The second-order valence-electron chi connectivity index (χ2n) is 6.96. The second-order valence-corrected chi connectivity index (χ2v) is 8.70. The first kappa shape index (κ1) is 20.1. The Morgan fingerprint density at radius 2 is 1.36 bits per heavy atom. The summed E-state index contributed by atoms with van der Waals surface area (Å²) < 4.78 is 25.4. The number of hydrogen-bond donors (Lipinski definition) is 2. The van der Waals surface area contributed by atoms with E-state index in [1.807, 2.05) is 60.7 Å². The van der Waals surface area contributed by atoms with Gasteiger partial charge in [-0.2, -0.15) is 0 Å². The van der Waals surface area contributed by atoms with Crippen LogP contribution in [0.15, 0.2) is 84.9 Å². The molecule has 0 aromatic heterocycles. The highest BCUT2D eigenvalue weighted by molar-refractivity contribution is 7.92. The molecule has 0 aliphatic rings. The molecule has 2 N–H and O–H groups in total. The van der Waals surface area contributed by atoms with Gasteiger partial charge >= 0.3 is 0 Å². The molecule has 146 valence electrons. The minimum atomic E-state index is -3.35. The van der Waals surface area contributed by atoms with E-state index in [1.54, 1.807) is 24.3 Å². The van der Waals surface area contributed by atoms with Crippen molar-refractivity contribution in [2.45, 2.75) is 24.9 Å². The monoisotopic (exact) mass is 395 g/mol. The highest BCUT2D eigenvalue weighted by Crippen LogP contribution is 2.44. The fraction of sp³-hybridized carbons (Fsp3) is 0.217. The highest BCUT2D eigenvalue weighted by atomic mass is 32.2. The van der Waals surface area contributed by atoms with E-state index in [4.69, 9.17) is 0 Å². The molecule has 0 aliphatic heterocycles. The van der Waals surface area contributed by atoms with Crippen molar-refractivity contribution < 1.29 is 13.5 Å². The Balaban J connectivity index is 2.12. The summed E-state index contributed by atoms with van der Waals surface area (Å²) in [5.74, 6) is -0.162. The van der Waals surface area contributed by atoms with Crippen LogP contribution in [0.4, 0.5) is 5.69 Å². The van der Waals surface area contributed by atoms with Crippen LogP contribution in [0.25, 0.3) is 0 Å². The molecule has 0 saturated carbocycles. The maximum Gasteiger partial charge on any atom is 0.229 e. The molecule has 0 aliphatic carbocycles. The highest BCUT2D eigenvalue weighted by Gasteiger charge is 2.40. The van der Waals surface area contributed by atoms with Crippen molar-refractivity contribution in [3.8, 4) is 0 Å². The molecule has 3 aromatic carbocycles. The van der Waals surface area contributed by atoms with E-state index >= 15 is 0 Å². The minimum absolute atomic E-state index is 0.162. The van der Waals surface area contributed by atoms with Gasteiger partial charge in [0.1, 0.15) is 5.60 Å². The maximum atomic E-state index is 12.1. The molecule has 0 spiro atoms. The van der Waals surface area contributed by atoms with Gasteiger partial charge in [-0.15, -0.1) is 0 Å². The maximum absolute atomic E-state index is 12.1. The van der Waals surface area contributed by atoms with Gasteiger partial charge in [0.05, 0.1) is 6.26 Å². The van der Waals surface area contributed by atoms with Crippen LogP contribution in [0.5, 0.6) is 0 Å². The lowest BCUT2D eigenvalue weighted by atomic mass is 9.72. The number of benzene rings is 3. The molecule has 0 heterocycles. The molecule has 2 atom stereocenters. The number of hydrogen-bond acceptors (Lipinski definition) is 3. The van der Waals surface area contributed by atoms with Crippen molar-refractivity contribution in [2.24, 2.45) is 0 Å². The first-order valence-electron chi connectivity index (χ1n) is 9.25. The Morgan fingerprint density at radius 1 is 0.857 bits per heavy atom. The van der Waals surface area contributed by atoms with Crippen LogP contribution in [0.2, 0.25) is 0 Å². The summed E-state index contributed by atoms with van der Waals surface area (Å²) >= 11 is 0. The quantitative estimate of drug-likeness (QED) is 0.619. The standard InChI is InChI=1S/C23H25NO3S/c1-3-22(18-10-6-4-7-11-18)23(25,19-12-8-5-9-13-19)20-14-16-21(17-15-20)24-28(2,26)27/h4-17,22,24-25H,3H2,1-2H3. The van der Waals surface area contributed by atoms with Gasteiger partial charge in [0.15, 0.2) is 0 Å². The first-order valence-corrected chi connectivity index (χ1v) is 11.1. The van der Waals surface area contributed by atoms with Crippen LogP contribution < -0.4 is 4.72 Å². The van der Waals surface area contributed by atoms with Gasteiger partial charge in [0, 0.05) is 11.6 Å². The normalized spacial score (nSPS) is 14.8. The van der Waals surface area contributed by atoms with E-state index in [1.165, 1.54) is 0 Å². The number of rotatable bonds is 7. The van der Waals surface area contributed by atoms with Crippen LogP contribution >= 0.6 is 0 Å². The third-order valence-electron chi connectivity index (χ3n) is 4.96. The Bertz CT molecular complexity index is 1000. The molecular formula is C23H25NO3S. The van der Waals surface area contributed by atoms with E-state index in [0.717, 1.165) is 23.8 Å². The molecule has 4 nitrogen and oxygen atoms in total. The number of nitrogens with one attached hydrogen (secondary N) is 1. The van der Waals surface area contributed by atoms with E-state index in [9.17, 15) is 13.5 Å². The lowest BCUT2D eigenvalue weighted by Gasteiger charge is -2.37. The molecule has 0 bridgehead atoms. The van der Waals surface area contributed by atoms with Crippen molar-refractivity contribution in [3.63, 3.8) is 0 Å². The summed E-state index contributed by atoms with van der Waals surface area (Å²) in [4.78, 5) is 0. The molecule has 0 saturated heterocycles. The Labute approximate surface area is 166 Å². The Morgan fingerprint density at radius 3 is 1.86 bits per heavy atom. The van der Waals surface area contributed by atoms with Crippen LogP contribution in [0, 0.1) is 0 Å². The third-order valence-corrected chi connectivity index (χ3v) is 5.56. The van der Waals surface area contributed by atoms with Crippen molar-refractivity contribution in [1.29, 1.82) is 0 Å². The molecule has 2 unspecified atom stereocenters. The van der Waals surface area contributed by atoms with Gasteiger partial charge in [0.2, 0.25) is 10.0 Å². The smallest absolute Gasteiger partial charge is 0.229 e. The summed E-state index contributed by atoms with van der Waals surface area (Å²) in [6.45, 7) is 2.06. The van der Waals surface area contributed by atoms with E-state index in [2.05, 4.69) is 11.6 Å². The Kier molecular flexibility index (Phi) is 5.87. The average Bonchev–Trinajstić information content (AvgIpc) is 2.69. The summed E-state index contributed by atoms with van der Waals surface area (Å²) in [6.07, 6.45) is 1.85. The molecule has 0 radical (unpaired) electrons. The fourth-order valence-electron chi connectivity index (χ4n) is 3.73. The van der Waals surface area contributed by atoms with Gasteiger partial charge in [-0.25, -0.2) is 8.42 Å². The summed E-state index contributed by atoms with van der Waals surface area (Å²) in [5.41, 5.74) is 1.79. The summed E-state index contributed by atoms with van der Waals surface area (Å²) in [7, 11) is -3.35. The SMILES string of the molecule is CCC(c1ccccc1)C(O)(c1ccccc1)c1ccc(NS(C)(=O)=O)cc1. The first-order chi connectivity index (χ1) is 13.3. The molecule has 0 amide bonds. The van der Waals surface area contributed by atoms with Gasteiger partial charge in [0.25, 0.3) is 0 Å². The summed E-state index contributed by atoms with van der Waals surface area (Å²) in [5, 5.41) is 12.1. The van der Waals surface area contributed by atoms with Crippen molar-refractivity contribution >= 4 is 15.7 Å². The number of sulfonamides is 1. The Hall–Kier alpha value is -2.63. The van der Waals surface area contributed by atoms with E-state index < -0.39 is 15.6 Å². The molecule has 3 aromatic rings. The van der Waals surface area contributed by atoms with Crippen molar-refractivity contribution in [1.82, 2.24) is 0 Å². The molecule has 5 heteroatoms. The number of aliphatic hydroxyl groups is 1. The lowest BCUT2D eigenvalue weighted by Crippen LogP contribution is -2.34. The zero-order chi connectivity index (χ0) is 20.2. The zero-order valence-corrected chi connectivity index (χ0v) is 16.9. The van der Waals surface area contributed by atoms with Crippen LogP contribution in [-0.2, 0) is 15.6 Å². The van der Waals surface area contributed by atoms with Crippen molar-refractivity contribution in [2.75, 3.05) is 11.0 Å². The fourth-order valence-corrected chi connectivity index (χ4v) is 4.29. The second kappa shape index (κ2) is 8.17. The van der Waals surface area contributed by atoms with Gasteiger partial charge in [-0.1, -0.05) is 79.7 Å². The van der Waals surface area contributed by atoms with E-state index in [0.29, 0.717) is 11.3 Å². The molecule has 0 fully saturated rings. The summed E-state index contributed by atoms with van der Waals surface area (Å²) in [6, 6.07) is 26.5. The lowest BCUT2D eigenvalue weighted by molar-refractivity contribution is 0.0477. The largest absolute Gasteiger partial charge is 0.380 e. The predicted molar refractivity (Wildman–Crippen MR) is 114 cm³/mol. The molecular weight excluding hydrogens is 370 g/mol. The molecule has 28 heavy (non-hydrogen) atoms. The van der Waals surface area contributed by atoms with Gasteiger partial charge < -0.3 is 5.11 Å². The molecule has 3 rings (SSSR count). The van der Waals surface area contributed by atoms with Gasteiger partial charge in [-0.05, 0) is 35.2 Å². The zero-order valence-electron chi connectivity index (χ0n) is 16.0. The van der Waals surface area contributed by atoms with Gasteiger partial charge in [-0.3, -0.25) is 4.72 Å². The third kappa shape index (κ3) is 4.26. The van der Waals surface area contributed by atoms with Crippen molar-refractivity contribution in [3.05, 3.63) is 102 Å². The average molecular weight is 396 g/mol. The van der Waals surface area contributed by atoms with E-state index in [-0.39, 0.29) is 5.92 Å². The van der Waals surface area contributed by atoms with Crippen LogP contribution in [-0.4, -0.2) is 19.8 Å². The topological polar surface area (TPSA) is 66.4 Å². The predicted octanol–water partition coefficient (Wildman–Crippen LogP) is 4.49.